The van der Waals surface area contributed by atoms with Crippen molar-refractivity contribution in [2.75, 3.05) is 29.9 Å². The van der Waals surface area contributed by atoms with Crippen molar-refractivity contribution in [2.45, 2.75) is 106 Å². The van der Waals surface area contributed by atoms with Gasteiger partial charge in [0, 0.05) is 42.7 Å². The zero-order valence-electron chi connectivity index (χ0n) is 25.0. The smallest absolute Gasteiger partial charge is 0.340 e. The van der Waals surface area contributed by atoms with E-state index in [2.05, 4.69) is 37.1 Å². The number of carbonyl (C=O) groups is 1. The van der Waals surface area contributed by atoms with Crippen LogP contribution in [0.3, 0.4) is 0 Å². The molecule has 1 N–H and O–H groups in total. The van der Waals surface area contributed by atoms with Crippen molar-refractivity contribution < 1.29 is 14.3 Å². The normalized spacial score (nSPS) is 16.4. The third kappa shape index (κ3) is 7.92. The Morgan fingerprint density at radius 1 is 1.13 bits per heavy atom. The zero-order chi connectivity index (χ0) is 28.1. The lowest BCUT2D eigenvalue weighted by molar-refractivity contribution is -0.171. The molecule has 0 amide bonds. The second kappa shape index (κ2) is 12.5. The molecule has 38 heavy (non-hydrogen) atoms. The predicted molar refractivity (Wildman–Crippen MR) is 156 cm³/mol. The van der Waals surface area contributed by atoms with Crippen LogP contribution in [0.4, 0.5) is 11.4 Å². The number of esters is 1. The standard InChI is InChI=1S/C31H48N4O3/c1-10-11-16-32-23-12-13-25(34-19-23)24-20-33-22(4)26(27(24)35-17-14-31(8,9)15-18-35)28(38-30(5,6)7)29(36)37-21(2)3/h12-13,19-21,28,32H,10-11,14-18H2,1-9H3/t28-/m0/s1. The van der Waals surface area contributed by atoms with Crippen LogP contribution in [0.15, 0.2) is 24.5 Å². The van der Waals surface area contributed by atoms with E-state index in [9.17, 15) is 4.79 Å². The number of aryl methyl sites for hydroxylation is 1. The number of piperidine rings is 1. The van der Waals surface area contributed by atoms with E-state index in [1.165, 1.54) is 0 Å². The van der Waals surface area contributed by atoms with E-state index in [0.29, 0.717) is 0 Å². The van der Waals surface area contributed by atoms with E-state index < -0.39 is 11.7 Å². The largest absolute Gasteiger partial charge is 0.461 e. The minimum absolute atomic E-state index is 0.251. The molecule has 1 aliphatic heterocycles. The number of aromatic nitrogens is 2. The summed E-state index contributed by atoms with van der Waals surface area (Å²) in [6, 6.07) is 4.10. The molecule has 1 aliphatic rings. The highest BCUT2D eigenvalue weighted by Gasteiger charge is 2.37. The Bertz CT molecular complexity index is 1060. The maximum Gasteiger partial charge on any atom is 0.340 e. The van der Waals surface area contributed by atoms with Crippen LogP contribution in [-0.2, 0) is 14.3 Å². The molecule has 0 spiro atoms. The van der Waals surface area contributed by atoms with Gasteiger partial charge in [0.1, 0.15) is 0 Å². The number of unbranched alkanes of at least 4 members (excludes halogenated alkanes) is 1. The lowest BCUT2D eigenvalue weighted by Crippen LogP contribution is -2.39. The van der Waals surface area contributed by atoms with Crippen LogP contribution < -0.4 is 10.2 Å². The van der Waals surface area contributed by atoms with Crippen molar-refractivity contribution in [1.29, 1.82) is 0 Å². The van der Waals surface area contributed by atoms with E-state index in [-0.39, 0.29) is 17.5 Å². The molecule has 0 aliphatic carbocycles. The summed E-state index contributed by atoms with van der Waals surface area (Å²) in [5, 5.41) is 3.44. The van der Waals surface area contributed by atoms with Crippen molar-refractivity contribution in [3.63, 3.8) is 0 Å². The number of carbonyl (C=O) groups excluding carboxylic acids is 1. The Labute approximate surface area is 229 Å². The van der Waals surface area contributed by atoms with Crippen LogP contribution in [0.2, 0.25) is 0 Å². The van der Waals surface area contributed by atoms with Gasteiger partial charge in [0.15, 0.2) is 6.10 Å². The Balaban J connectivity index is 2.15. The summed E-state index contributed by atoms with van der Waals surface area (Å²) in [5.74, 6) is -0.390. The molecule has 3 rings (SSSR count). The van der Waals surface area contributed by atoms with Gasteiger partial charge in [-0.3, -0.25) is 9.97 Å². The molecular formula is C31H48N4O3. The molecule has 7 heteroatoms. The lowest BCUT2D eigenvalue weighted by atomic mass is 9.82. The van der Waals surface area contributed by atoms with E-state index >= 15 is 0 Å². The van der Waals surface area contributed by atoms with Gasteiger partial charge in [-0.05, 0) is 78.4 Å². The van der Waals surface area contributed by atoms with Crippen molar-refractivity contribution in [3.8, 4) is 11.3 Å². The monoisotopic (exact) mass is 524 g/mol. The van der Waals surface area contributed by atoms with Crippen molar-refractivity contribution in [3.05, 3.63) is 35.8 Å². The number of hydrogen-bond donors (Lipinski definition) is 1. The van der Waals surface area contributed by atoms with Gasteiger partial charge in [0.05, 0.1) is 35.0 Å². The number of hydrogen-bond acceptors (Lipinski definition) is 7. The van der Waals surface area contributed by atoms with Gasteiger partial charge < -0.3 is 19.7 Å². The van der Waals surface area contributed by atoms with E-state index in [1.807, 2.05) is 60.0 Å². The number of nitrogens with one attached hydrogen (secondary N) is 1. The van der Waals surface area contributed by atoms with Gasteiger partial charge >= 0.3 is 5.97 Å². The molecule has 0 saturated carbocycles. The Morgan fingerprint density at radius 2 is 1.82 bits per heavy atom. The van der Waals surface area contributed by atoms with Crippen LogP contribution in [0.1, 0.15) is 98.4 Å². The summed E-state index contributed by atoms with van der Waals surface area (Å²) < 4.78 is 12.2. The Morgan fingerprint density at radius 3 is 2.37 bits per heavy atom. The molecule has 7 nitrogen and oxygen atoms in total. The van der Waals surface area contributed by atoms with Crippen LogP contribution in [-0.4, -0.2) is 47.3 Å². The first-order valence-electron chi connectivity index (χ1n) is 14.1. The van der Waals surface area contributed by atoms with Gasteiger partial charge in [0.2, 0.25) is 0 Å². The van der Waals surface area contributed by atoms with Crippen molar-refractivity contribution in [1.82, 2.24) is 9.97 Å². The second-order valence-electron chi connectivity index (χ2n) is 12.5. The van der Waals surface area contributed by atoms with Crippen LogP contribution in [0.25, 0.3) is 11.3 Å². The molecule has 1 atom stereocenters. The third-order valence-electron chi connectivity index (χ3n) is 6.92. The van der Waals surface area contributed by atoms with Gasteiger partial charge in [-0.15, -0.1) is 0 Å². The Hall–Kier alpha value is -2.67. The number of ether oxygens (including phenoxy) is 2. The van der Waals surface area contributed by atoms with Crippen LogP contribution in [0.5, 0.6) is 0 Å². The number of rotatable bonds is 10. The minimum Gasteiger partial charge on any atom is -0.461 e. The van der Waals surface area contributed by atoms with Gasteiger partial charge in [-0.25, -0.2) is 4.79 Å². The quantitative estimate of drug-likeness (QED) is 0.262. The van der Waals surface area contributed by atoms with Gasteiger partial charge in [0.25, 0.3) is 0 Å². The highest BCUT2D eigenvalue weighted by Crippen LogP contribution is 2.43. The van der Waals surface area contributed by atoms with Crippen molar-refractivity contribution >= 4 is 17.3 Å². The molecule has 210 valence electrons. The summed E-state index contributed by atoms with van der Waals surface area (Å²) in [7, 11) is 0. The van der Waals surface area contributed by atoms with Crippen LogP contribution >= 0.6 is 0 Å². The lowest BCUT2D eigenvalue weighted by Gasteiger charge is -2.41. The molecule has 2 aromatic rings. The fourth-order valence-electron chi connectivity index (χ4n) is 4.73. The fourth-order valence-corrected chi connectivity index (χ4v) is 4.73. The van der Waals surface area contributed by atoms with E-state index in [4.69, 9.17) is 19.4 Å². The SMILES string of the molecule is CCCCNc1ccc(-c2cnc(C)c([C@H](OC(C)(C)C)C(=O)OC(C)C)c2N2CCC(C)(C)CC2)nc1. The van der Waals surface area contributed by atoms with E-state index in [0.717, 1.165) is 79.2 Å². The van der Waals surface area contributed by atoms with E-state index in [1.54, 1.807) is 0 Å². The molecule has 0 bridgehead atoms. The predicted octanol–water partition coefficient (Wildman–Crippen LogP) is 7.10. The first-order chi connectivity index (χ1) is 17.8. The first-order valence-corrected chi connectivity index (χ1v) is 14.1. The minimum atomic E-state index is -0.898. The molecule has 0 unspecified atom stereocenters. The maximum absolute atomic E-state index is 13.5. The molecule has 1 fully saturated rings. The van der Waals surface area contributed by atoms with Crippen LogP contribution in [0, 0.1) is 12.3 Å². The average Bonchev–Trinajstić information content (AvgIpc) is 2.82. The highest BCUT2D eigenvalue weighted by atomic mass is 16.6. The molecule has 3 heterocycles. The summed E-state index contributed by atoms with van der Waals surface area (Å²) in [4.78, 5) is 25.5. The Kier molecular flexibility index (Phi) is 9.80. The number of anilines is 2. The topological polar surface area (TPSA) is 76.6 Å². The first kappa shape index (κ1) is 29.9. The average molecular weight is 525 g/mol. The summed E-state index contributed by atoms with van der Waals surface area (Å²) >= 11 is 0. The third-order valence-corrected chi connectivity index (χ3v) is 6.92. The van der Waals surface area contributed by atoms with Crippen molar-refractivity contribution in [2.24, 2.45) is 5.41 Å². The number of nitrogens with zero attached hydrogens (tertiary/aromatic N) is 3. The summed E-state index contributed by atoms with van der Waals surface area (Å²) in [5.41, 5.74) is 4.96. The molecule has 2 aromatic heterocycles. The summed E-state index contributed by atoms with van der Waals surface area (Å²) in [6.45, 7) is 21.1. The highest BCUT2D eigenvalue weighted by molar-refractivity contribution is 5.86. The zero-order valence-corrected chi connectivity index (χ0v) is 25.0. The molecule has 0 radical (unpaired) electrons. The van der Waals surface area contributed by atoms with Gasteiger partial charge in [-0.2, -0.15) is 0 Å². The molecule has 0 aromatic carbocycles. The second-order valence-corrected chi connectivity index (χ2v) is 12.5. The summed E-state index contributed by atoms with van der Waals surface area (Å²) in [6.07, 6.45) is 6.99. The number of pyridine rings is 2. The fraction of sp³-hybridized carbons (Fsp3) is 0.645. The maximum atomic E-state index is 13.5. The van der Waals surface area contributed by atoms with Gasteiger partial charge in [-0.1, -0.05) is 27.2 Å². The molecular weight excluding hydrogens is 476 g/mol. The molecule has 1 saturated heterocycles.